The number of halogens is 1. The van der Waals surface area contributed by atoms with Crippen LogP contribution in [0.1, 0.15) is 32.8 Å². The maximum absolute atomic E-state index is 6.43. The highest BCUT2D eigenvalue weighted by Gasteiger charge is 2.26. The van der Waals surface area contributed by atoms with Crippen molar-refractivity contribution in [3.63, 3.8) is 0 Å². The Balaban J connectivity index is 2.05. The summed E-state index contributed by atoms with van der Waals surface area (Å²) in [5, 5.41) is 4.25. The number of piperidine rings is 1. The summed E-state index contributed by atoms with van der Waals surface area (Å²) < 4.78 is 5.59. The molecule has 0 aromatic heterocycles. The Morgan fingerprint density at radius 3 is 2.81 bits per heavy atom. The van der Waals surface area contributed by atoms with Crippen LogP contribution in [0, 0.1) is 5.92 Å². The zero-order valence-electron chi connectivity index (χ0n) is 13.5. The fourth-order valence-electron chi connectivity index (χ4n) is 2.77. The lowest BCUT2D eigenvalue weighted by atomic mass is 9.95. The van der Waals surface area contributed by atoms with E-state index in [-0.39, 0.29) is 0 Å². The lowest BCUT2D eigenvalue weighted by molar-refractivity contribution is 0.0498. The Bertz CT molecular complexity index is 464. The number of rotatable bonds is 5. The SMILES string of the molecule is COC1CN(c2ccc(CNC(C)C)c(Cl)c2)CCC1C. The van der Waals surface area contributed by atoms with Gasteiger partial charge in [0.25, 0.3) is 0 Å². The Labute approximate surface area is 133 Å². The zero-order chi connectivity index (χ0) is 15.4. The predicted molar refractivity (Wildman–Crippen MR) is 90.2 cm³/mol. The third-order valence-corrected chi connectivity index (χ3v) is 4.65. The number of anilines is 1. The number of nitrogens with zero attached hydrogens (tertiary/aromatic N) is 1. The minimum atomic E-state index is 0.305. The van der Waals surface area contributed by atoms with Gasteiger partial charge in [-0.15, -0.1) is 0 Å². The van der Waals surface area contributed by atoms with Crippen molar-refractivity contribution in [2.75, 3.05) is 25.1 Å². The van der Waals surface area contributed by atoms with Gasteiger partial charge in [-0.05, 0) is 30.0 Å². The van der Waals surface area contributed by atoms with Crippen molar-refractivity contribution in [1.29, 1.82) is 0 Å². The Kier molecular flexibility index (Phi) is 5.91. The first-order valence-corrected chi connectivity index (χ1v) is 8.18. The summed E-state index contributed by atoms with van der Waals surface area (Å²) in [5.74, 6) is 0.622. The van der Waals surface area contributed by atoms with Crippen LogP contribution < -0.4 is 10.2 Å². The molecule has 2 unspecified atom stereocenters. The van der Waals surface area contributed by atoms with E-state index in [2.05, 4.69) is 49.2 Å². The quantitative estimate of drug-likeness (QED) is 0.897. The van der Waals surface area contributed by atoms with E-state index in [1.807, 2.05) is 0 Å². The van der Waals surface area contributed by atoms with Crippen LogP contribution in [-0.2, 0) is 11.3 Å². The van der Waals surface area contributed by atoms with Gasteiger partial charge in [0, 0.05) is 43.5 Å². The first kappa shape index (κ1) is 16.6. The monoisotopic (exact) mass is 310 g/mol. The Hall–Kier alpha value is -0.770. The molecule has 118 valence electrons. The Morgan fingerprint density at radius 1 is 1.43 bits per heavy atom. The lowest BCUT2D eigenvalue weighted by Gasteiger charge is -2.37. The van der Waals surface area contributed by atoms with Gasteiger partial charge in [0.15, 0.2) is 0 Å². The number of hydrogen-bond acceptors (Lipinski definition) is 3. The molecule has 1 fully saturated rings. The first-order chi connectivity index (χ1) is 10.0. The normalized spacial score (nSPS) is 22.9. The molecule has 0 radical (unpaired) electrons. The van der Waals surface area contributed by atoms with E-state index in [9.17, 15) is 0 Å². The summed E-state index contributed by atoms with van der Waals surface area (Å²) in [7, 11) is 1.80. The van der Waals surface area contributed by atoms with Crippen molar-refractivity contribution in [3.8, 4) is 0 Å². The number of ether oxygens (including phenoxy) is 1. The molecule has 2 rings (SSSR count). The summed E-state index contributed by atoms with van der Waals surface area (Å²) in [5.41, 5.74) is 2.35. The molecule has 0 bridgehead atoms. The van der Waals surface area contributed by atoms with E-state index in [1.165, 1.54) is 5.69 Å². The van der Waals surface area contributed by atoms with Crippen LogP contribution in [0.5, 0.6) is 0 Å². The summed E-state index contributed by atoms with van der Waals surface area (Å²) in [6.07, 6.45) is 1.46. The molecule has 1 saturated heterocycles. The number of hydrogen-bond donors (Lipinski definition) is 1. The van der Waals surface area contributed by atoms with Crippen molar-refractivity contribution in [3.05, 3.63) is 28.8 Å². The van der Waals surface area contributed by atoms with Crippen molar-refractivity contribution >= 4 is 17.3 Å². The predicted octanol–water partition coefficient (Wildman–Crippen LogP) is 3.70. The van der Waals surface area contributed by atoms with Crippen molar-refractivity contribution in [2.24, 2.45) is 5.92 Å². The third-order valence-electron chi connectivity index (χ3n) is 4.29. The smallest absolute Gasteiger partial charge is 0.0772 e. The minimum absolute atomic E-state index is 0.305. The van der Waals surface area contributed by atoms with E-state index >= 15 is 0 Å². The average Bonchev–Trinajstić information content (AvgIpc) is 2.46. The van der Waals surface area contributed by atoms with Crippen LogP contribution in [-0.4, -0.2) is 32.3 Å². The molecule has 0 aliphatic carbocycles. The Morgan fingerprint density at radius 2 is 2.19 bits per heavy atom. The third kappa shape index (κ3) is 4.35. The molecule has 21 heavy (non-hydrogen) atoms. The molecule has 3 nitrogen and oxygen atoms in total. The largest absolute Gasteiger partial charge is 0.379 e. The van der Waals surface area contributed by atoms with Gasteiger partial charge in [-0.25, -0.2) is 0 Å². The summed E-state index contributed by atoms with van der Waals surface area (Å²) in [6, 6.07) is 6.85. The van der Waals surface area contributed by atoms with Crippen LogP contribution >= 0.6 is 11.6 Å². The van der Waals surface area contributed by atoms with Crippen LogP contribution in [0.2, 0.25) is 5.02 Å². The standard InChI is InChI=1S/C17H27ClN2O/c1-12(2)19-10-14-5-6-15(9-16(14)18)20-8-7-13(3)17(11-20)21-4/h5-6,9,12-13,17,19H,7-8,10-11H2,1-4H3. The lowest BCUT2D eigenvalue weighted by Crippen LogP contribution is -2.43. The molecular weight excluding hydrogens is 284 g/mol. The maximum Gasteiger partial charge on any atom is 0.0772 e. The topological polar surface area (TPSA) is 24.5 Å². The summed E-state index contributed by atoms with van der Waals surface area (Å²) in [6.45, 7) is 9.37. The molecule has 1 aromatic rings. The molecule has 1 N–H and O–H groups in total. The van der Waals surface area contributed by atoms with Gasteiger partial charge in [0.1, 0.15) is 0 Å². The number of methoxy groups -OCH3 is 1. The van der Waals surface area contributed by atoms with E-state index in [0.29, 0.717) is 18.1 Å². The number of nitrogens with one attached hydrogen (secondary N) is 1. The van der Waals surface area contributed by atoms with Gasteiger partial charge in [0.05, 0.1) is 6.10 Å². The molecule has 1 heterocycles. The highest BCUT2D eigenvalue weighted by atomic mass is 35.5. The van der Waals surface area contributed by atoms with E-state index in [0.717, 1.165) is 36.6 Å². The molecule has 0 amide bonds. The zero-order valence-corrected chi connectivity index (χ0v) is 14.3. The molecular formula is C17H27ClN2O. The number of benzene rings is 1. The highest BCUT2D eigenvalue weighted by Crippen LogP contribution is 2.28. The van der Waals surface area contributed by atoms with E-state index in [4.69, 9.17) is 16.3 Å². The second kappa shape index (κ2) is 7.48. The van der Waals surface area contributed by atoms with Crippen molar-refractivity contribution in [1.82, 2.24) is 5.32 Å². The van der Waals surface area contributed by atoms with Gasteiger partial charge >= 0.3 is 0 Å². The van der Waals surface area contributed by atoms with Gasteiger partial charge in [0.2, 0.25) is 0 Å². The van der Waals surface area contributed by atoms with Gasteiger partial charge in [-0.3, -0.25) is 0 Å². The molecule has 1 aliphatic rings. The average molecular weight is 311 g/mol. The molecule has 0 saturated carbocycles. The van der Waals surface area contributed by atoms with Gasteiger partial charge in [-0.2, -0.15) is 0 Å². The van der Waals surface area contributed by atoms with E-state index in [1.54, 1.807) is 7.11 Å². The van der Waals surface area contributed by atoms with Gasteiger partial charge < -0.3 is 15.0 Å². The van der Waals surface area contributed by atoms with Crippen LogP contribution in [0.15, 0.2) is 18.2 Å². The molecule has 0 spiro atoms. The minimum Gasteiger partial charge on any atom is -0.379 e. The van der Waals surface area contributed by atoms with Crippen LogP contribution in [0.4, 0.5) is 5.69 Å². The molecule has 1 aromatic carbocycles. The fourth-order valence-corrected chi connectivity index (χ4v) is 3.01. The highest BCUT2D eigenvalue weighted by molar-refractivity contribution is 6.31. The van der Waals surface area contributed by atoms with Crippen molar-refractivity contribution in [2.45, 2.75) is 45.9 Å². The summed E-state index contributed by atoms with van der Waals surface area (Å²) >= 11 is 6.43. The van der Waals surface area contributed by atoms with Gasteiger partial charge in [-0.1, -0.05) is 38.4 Å². The van der Waals surface area contributed by atoms with Crippen LogP contribution in [0.3, 0.4) is 0 Å². The second-order valence-electron chi connectivity index (χ2n) is 6.30. The van der Waals surface area contributed by atoms with Crippen molar-refractivity contribution < 1.29 is 4.74 Å². The summed E-state index contributed by atoms with van der Waals surface area (Å²) in [4.78, 5) is 2.37. The van der Waals surface area contributed by atoms with E-state index < -0.39 is 0 Å². The molecule has 4 heteroatoms. The van der Waals surface area contributed by atoms with Crippen LogP contribution in [0.25, 0.3) is 0 Å². The maximum atomic E-state index is 6.43. The first-order valence-electron chi connectivity index (χ1n) is 7.80. The molecule has 2 atom stereocenters. The fraction of sp³-hybridized carbons (Fsp3) is 0.647. The second-order valence-corrected chi connectivity index (χ2v) is 6.70. The molecule has 1 aliphatic heterocycles.